The van der Waals surface area contributed by atoms with Gasteiger partial charge in [0.05, 0.1) is 5.56 Å². The Morgan fingerprint density at radius 1 is 0.913 bits per heavy atom. The lowest BCUT2D eigenvalue weighted by molar-refractivity contribution is -0.688. The first kappa shape index (κ1) is 17.8. The molecule has 1 aliphatic heterocycles. The van der Waals surface area contributed by atoms with E-state index in [1.807, 2.05) is 17.0 Å². The molecule has 124 valence electrons. The van der Waals surface area contributed by atoms with Gasteiger partial charge in [0, 0.05) is 36.5 Å². The number of hydrogen-bond donors (Lipinski definition) is 0. The Balaban J connectivity index is 0.00000192. The summed E-state index contributed by atoms with van der Waals surface area (Å²) in [6.07, 6.45) is 2.15. The van der Waals surface area contributed by atoms with E-state index in [0.29, 0.717) is 6.54 Å². The van der Waals surface area contributed by atoms with E-state index >= 15 is 0 Å². The van der Waals surface area contributed by atoms with Crippen LogP contribution < -0.4 is 26.4 Å². The lowest BCUT2D eigenvalue weighted by Crippen LogP contribution is -3.00. The minimum Gasteiger partial charge on any atom is -1.00 e. The quantitative estimate of drug-likeness (QED) is 0.702. The molecule has 0 unspecified atom stereocenters. The highest BCUT2D eigenvalue weighted by Gasteiger charge is 2.30. The standard InChI is InChI=1S/C17H18F3N2.BrH/c18-17(19,20)15-5-3-14(4-6-15)13-21-11-7-16(8-12-21)22-9-1-2-10-22;/h3-8,11-12H,1-2,9-10,13H2;1H/q+1;/p-1. The molecule has 2 aromatic rings. The summed E-state index contributed by atoms with van der Waals surface area (Å²) >= 11 is 0. The van der Waals surface area contributed by atoms with E-state index in [0.717, 1.165) is 30.8 Å². The molecule has 2 heterocycles. The SMILES string of the molecule is FC(F)(F)c1ccc(C[n+]2ccc(N3CCCC3)cc2)cc1.[Br-]. The van der Waals surface area contributed by atoms with Crippen molar-refractivity contribution >= 4 is 5.69 Å². The molecule has 0 amide bonds. The molecule has 1 aromatic heterocycles. The smallest absolute Gasteiger partial charge is 0.416 e. The summed E-state index contributed by atoms with van der Waals surface area (Å²) in [5, 5.41) is 0. The van der Waals surface area contributed by atoms with Gasteiger partial charge in [-0.1, -0.05) is 12.1 Å². The van der Waals surface area contributed by atoms with Crippen LogP contribution in [0.4, 0.5) is 18.9 Å². The summed E-state index contributed by atoms with van der Waals surface area (Å²) in [6, 6.07) is 9.46. The molecule has 1 aliphatic rings. The van der Waals surface area contributed by atoms with Gasteiger partial charge in [-0.05, 0) is 25.0 Å². The molecule has 0 bridgehead atoms. The van der Waals surface area contributed by atoms with Crippen LogP contribution in [-0.4, -0.2) is 13.1 Å². The minimum atomic E-state index is -4.27. The topological polar surface area (TPSA) is 7.12 Å². The number of pyridine rings is 1. The Hall–Kier alpha value is -1.56. The van der Waals surface area contributed by atoms with Crippen LogP contribution in [-0.2, 0) is 12.7 Å². The van der Waals surface area contributed by atoms with E-state index in [9.17, 15) is 13.2 Å². The molecule has 3 rings (SSSR count). The number of rotatable bonds is 3. The molecule has 1 aromatic carbocycles. The van der Waals surface area contributed by atoms with E-state index in [2.05, 4.69) is 17.0 Å². The second kappa shape index (κ2) is 7.34. The molecular weight excluding hydrogens is 369 g/mol. The largest absolute Gasteiger partial charge is 1.00 e. The van der Waals surface area contributed by atoms with Crippen LogP contribution in [0.1, 0.15) is 24.0 Å². The third kappa shape index (κ3) is 4.47. The number of nitrogens with zero attached hydrogens (tertiary/aromatic N) is 2. The number of halogens is 4. The maximum absolute atomic E-state index is 12.5. The van der Waals surface area contributed by atoms with E-state index < -0.39 is 11.7 Å². The van der Waals surface area contributed by atoms with Gasteiger partial charge in [0.25, 0.3) is 0 Å². The van der Waals surface area contributed by atoms with Crippen molar-refractivity contribution in [2.45, 2.75) is 25.6 Å². The Kier molecular flexibility index (Phi) is 5.68. The summed E-state index contributed by atoms with van der Waals surface area (Å²) in [5.41, 5.74) is 1.46. The average molecular weight is 387 g/mol. The summed E-state index contributed by atoms with van der Waals surface area (Å²) < 4.78 is 39.6. The predicted molar refractivity (Wildman–Crippen MR) is 78.6 cm³/mol. The maximum atomic E-state index is 12.5. The van der Waals surface area contributed by atoms with Crippen molar-refractivity contribution in [3.05, 3.63) is 59.9 Å². The van der Waals surface area contributed by atoms with E-state index in [-0.39, 0.29) is 17.0 Å². The van der Waals surface area contributed by atoms with Crippen LogP contribution in [0.5, 0.6) is 0 Å². The van der Waals surface area contributed by atoms with Crippen molar-refractivity contribution in [1.82, 2.24) is 0 Å². The molecule has 6 heteroatoms. The first-order chi connectivity index (χ1) is 10.5. The molecule has 2 nitrogen and oxygen atoms in total. The molecule has 0 saturated carbocycles. The van der Waals surface area contributed by atoms with Gasteiger partial charge in [0.1, 0.15) is 0 Å². The third-order valence-corrected chi connectivity index (χ3v) is 3.99. The number of benzene rings is 1. The molecular formula is C17H18BrF3N2. The maximum Gasteiger partial charge on any atom is 0.416 e. The van der Waals surface area contributed by atoms with Crippen LogP contribution >= 0.6 is 0 Å². The zero-order valence-electron chi connectivity index (χ0n) is 12.6. The fraction of sp³-hybridized carbons (Fsp3) is 0.353. The lowest BCUT2D eigenvalue weighted by atomic mass is 10.1. The Morgan fingerprint density at radius 2 is 1.48 bits per heavy atom. The molecule has 1 saturated heterocycles. The molecule has 0 aliphatic carbocycles. The highest BCUT2D eigenvalue weighted by molar-refractivity contribution is 5.44. The number of aromatic nitrogens is 1. The van der Waals surface area contributed by atoms with Gasteiger partial charge < -0.3 is 21.9 Å². The highest BCUT2D eigenvalue weighted by atomic mass is 79.9. The molecule has 0 atom stereocenters. The number of anilines is 1. The predicted octanol–water partition coefficient (Wildman–Crippen LogP) is 0.645. The van der Waals surface area contributed by atoms with Crippen molar-refractivity contribution in [2.24, 2.45) is 0 Å². The van der Waals surface area contributed by atoms with Gasteiger partial charge in [-0.15, -0.1) is 0 Å². The lowest BCUT2D eigenvalue weighted by Gasteiger charge is -2.16. The van der Waals surface area contributed by atoms with Crippen molar-refractivity contribution in [1.29, 1.82) is 0 Å². The van der Waals surface area contributed by atoms with Crippen LogP contribution in [0.15, 0.2) is 48.8 Å². The van der Waals surface area contributed by atoms with Crippen molar-refractivity contribution in [3.8, 4) is 0 Å². The van der Waals surface area contributed by atoms with Gasteiger partial charge in [-0.2, -0.15) is 13.2 Å². The second-order valence-corrected chi connectivity index (χ2v) is 5.62. The van der Waals surface area contributed by atoms with Crippen molar-refractivity contribution < 1.29 is 34.7 Å². The van der Waals surface area contributed by atoms with Crippen molar-refractivity contribution in [2.75, 3.05) is 18.0 Å². The van der Waals surface area contributed by atoms with Gasteiger partial charge in [-0.3, -0.25) is 0 Å². The number of hydrogen-bond acceptors (Lipinski definition) is 1. The summed E-state index contributed by atoms with van der Waals surface area (Å²) in [7, 11) is 0. The summed E-state index contributed by atoms with van der Waals surface area (Å²) in [6.45, 7) is 2.77. The van der Waals surface area contributed by atoms with E-state index in [1.165, 1.54) is 30.7 Å². The normalized spacial score (nSPS) is 14.7. The van der Waals surface area contributed by atoms with Gasteiger partial charge >= 0.3 is 6.18 Å². The van der Waals surface area contributed by atoms with Crippen LogP contribution in [0.3, 0.4) is 0 Å². The second-order valence-electron chi connectivity index (χ2n) is 5.62. The Bertz CT molecular complexity index is 618. The van der Waals surface area contributed by atoms with Gasteiger partial charge in [0.15, 0.2) is 18.9 Å². The zero-order valence-corrected chi connectivity index (χ0v) is 14.1. The number of alkyl halides is 3. The minimum absolute atomic E-state index is 0. The first-order valence-corrected chi connectivity index (χ1v) is 7.42. The zero-order chi connectivity index (χ0) is 15.6. The molecule has 0 radical (unpaired) electrons. The third-order valence-electron chi connectivity index (χ3n) is 3.99. The first-order valence-electron chi connectivity index (χ1n) is 7.42. The summed E-state index contributed by atoms with van der Waals surface area (Å²) in [4.78, 5) is 2.35. The molecule has 0 N–H and O–H groups in total. The average Bonchev–Trinajstić information content (AvgIpc) is 3.02. The van der Waals surface area contributed by atoms with Crippen molar-refractivity contribution in [3.63, 3.8) is 0 Å². The van der Waals surface area contributed by atoms with E-state index in [4.69, 9.17) is 0 Å². The molecule has 23 heavy (non-hydrogen) atoms. The van der Waals surface area contributed by atoms with Crippen LogP contribution in [0.25, 0.3) is 0 Å². The van der Waals surface area contributed by atoms with Gasteiger partial charge in [-0.25, -0.2) is 4.57 Å². The molecule has 1 fully saturated rings. The fourth-order valence-corrected chi connectivity index (χ4v) is 2.75. The summed E-state index contributed by atoms with van der Waals surface area (Å²) in [5.74, 6) is 0. The highest BCUT2D eigenvalue weighted by Crippen LogP contribution is 2.29. The van der Waals surface area contributed by atoms with E-state index in [1.54, 1.807) is 0 Å². The monoisotopic (exact) mass is 386 g/mol. The van der Waals surface area contributed by atoms with Gasteiger partial charge in [0.2, 0.25) is 0 Å². The fourth-order valence-electron chi connectivity index (χ4n) is 2.75. The Labute approximate surface area is 144 Å². The van der Waals surface area contributed by atoms with Crippen LogP contribution in [0.2, 0.25) is 0 Å². The van der Waals surface area contributed by atoms with Crippen LogP contribution in [0, 0.1) is 0 Å². The molecule has 0 spiro atoms. The Morgan fingerprint density at radius 3 is 2.00 bits per heavy atom.